The van der Waals surface area contributed by atoms with Crippen LogP contribution in [-0.2, 0) is 0 Å². The predicted molar refractivity (Wildman–Crippen MR) is 65.1 cm³/mol. The minimum Gasteiger partial charge on any atom is -0.396 e. The Morgan fingerprint density at radius 3 is 2.47 bits per heavy atom. The van der Waals surface area contributed by atoms with Crippen molar-refractivity contribution in [1.29, 1.82) is 0 Å². The van der Waals surface area contributed by atoms with Crippen molar-refractivity contribution in [3.63, 3.8) is 0 Å². The summed E-state index contributed by atoms with van der Waals surface area (Å²) < 4.78 is 0. The van der Waals surface area contributed by atoms with Gasteiger partial charge in [0.05, 0.1) is 6.61 Å². The molecule has 0 saturated heterocycles. The summed E-state index contributed by atoms with van der Waals surface area (Å²) in [4.78, 5) is 0. The molecule has 0 aromatic heterocycles. The summed E-state index contributed by atoms with van der Waals surface area (Å²) >= 11 is 0. The lowest BCUT2D eigenvalue weighted by molar-refractivity contribution is 0.225. The first-order chi connectivity index (χ1) is 7.20. The Morgan fingerprint density at radius 1 is 1.27 bits per heavy atom. The highest BCUT2D eigenvalue weighted by Crippen LogP contribution is 2.29. The lowest BCUT2D eigenvalue weighted by atomic mass is 9.83. The topological polar surface area (TPSA) is 20.2 Å². The quantitative estimate of drug-likeness (QED) is 0.781. The summed E-state index contributed by atoms with van der Waals surface area (Å²) in [7, 11) is 0. The van der Waals surface area contributed by atoms with Gasteiger partial charge in [0.2, 0.25) is 0 Å². The van der Waals surface area contributed by atoms with Crippen molar-refractivity contribution >= 4 is 0 Å². The fraction of sp³-hybridized carbons (Fsp3) is 0.571. The number of rotatable bonds is 5. The summed E-state index contributed by atoms with van der Waals surface area (Å²) in [5.74, 6) is 0.854. The Bertz CT molecular complexity index is 293. The minimum atomic E-state index is 0.256. The maximum Gasteiger partial charge on any atom is 0.0502 e. The van der Waals surface area contributed by atoms with E-state index in [0.29, 0.717) is 11.8 Å². The van der Waals surface area contributed by atoms with Crippen LogP contribution >= 0.6 is 0 Å². The van der Waals surface area contributed by atoms with Crippen molar-refractivity contribution in [2.45, 2.75) is 39.5 Å². The molecule has 84 valence electrons. The van der Waals surface area contributed by atoms with Crippen LogP contribution in [0.4, 0.5) is 0 Å². The van der Waals surface area contributed by atoms with E-state index >= 15 is 0 Å². The molecular weight excluding hydrogens is 184 g/mol. The molecular formula is C14H22O. The number of benzene rings is 1. The standard InChI is InChI=1S/C14H22O/c1-4-7-11(2)14(10-15)13-9-6-5-8-12(13)3/h5-6,8-9,11,14-15H,4,7,10H2,1-3H3. The van der Waals surface area contributed by atoms with Gasteiger partial charge in [-0.1, -0.05) is 51.0 Å². The Morgan fingerprint density at radius 2 is 1.93 bits per heavy atom. The summed E-state index contributed by atoms with van der Waals surface area (Å²) in [6, 6.07) is 8.38. The van der Waals surface area contributed by atoms with Crippen molar-refractivity contribution in [3.8, 4) is 0 Å². The van der Waals surface area contributed by atoms with Gasteiger partial charge in [0.25, 0.3) is 0 Å². The molecule has 2 atom stereocenters. The zero-order chi connectivity index (χ0) is 11.3. The first-order valence-electron chi connectivity index (χ1n) is 5.87. The number of hydrogen-bond acceptors (Lipinski definition) is 1. The predicted octanol–water partition coefficient (Wildman–Crippen LogP) is 3.51. The van der Waals surface area contributed by atoms with Crippen molar-refractivity contribution in [3.05, 3.63) is 35.4 Å². The van der Waals surface area contributed by atoms with E-state index in [2.05, 4.69) is 45.0 Å². The van der Waals surface area contributed by atoms with E-state index in [4.69, 9.17) is 0 Å². The van der Waals surface area contributed by atoms with Crippen LogP contribution in [0.25, 0.3) is 0 Å². The molecule has 0 aliphatic heterocycles. The van der Waals surface area contributed by atoms with Gasteiger partial charge < -0.3 is 5.11 Å². The SMILES string of the molecule is CCCC(C)C(CO)c1ccccc1C. The smallest absolute Gasteiger partial charge is 0.0502 e. The Kier molecular flexibility index (Phi) is 4.83. The maximum atomic E-state index is 9.50. The zero-order valence-corrected chi connectivity index (χ0v) is 10.0. The number of aliphatic hydroxyl groups excluding tert-OH is 1. The van der Waals surface area contributed by atoms with Crippen LogP contribution in [0.2, 0.25) is 0 Å². The van der Waals surface area contributed by atoms with Crippen LogP contribution < -0.4 is 0 Å². The molecule has 0 aliphatic carbocycles. The molecule has 0 aliphatic rings. The monoisotopic (exact) mass is 206 g/mol. The van der Waals surface area contributed by atoms with Gasteiger partial charge in [-0.2, -0.15) is 0 Å². The summed E-state index contributed by atoms with van der Waals surface area (Å²) in [6.07, 6.45) is 2.36. The fourth-order valence-corrected chi connectivity index (χ4v) is 2.24. The average molecular weight is 206 g/mol. The van der Waals surface area contributed by atoms with Crippen LogP contribution in [0.3, 0.4) is 0 Å². The Hall–Kier alpha value is -0.820. The lowest BCUT2D eigenvalue weighted by Crippen LogP contribution is -2.15. The first-order valence-corrected chi connectivity index (χ1v) is 5.87. The first kappa shape index (κ1) is 12.3. The molecule has 1 aromatic carbocycles. The van der Waals surface area contributed by atoms with E-state index in [0.717, 1.165) is 0 Å². The molecule has 0 amide bonds. The molecule has 0 heterocycles. The molecule has 0 radical (unpaired) electrons. The van der Waals surface area contributed by atoms with Gasteiger partial charge in [0, 0.05) is 5.92 Å². The van der Waals surface area contributed by atoms with E-state index in [9.17, 15) is 5.11 Å². The number of aliphatic hydroxyl groups is 1. The highest BCUT2D eigenvalue weighted by Gasteiger charge is 2.18. The largest absolute Gasteiger partial charge is 0.396 e. The van der Waals surface area contributed by atoms with Crippen LogP contribution in [-0.4, -0.2) is 11.7 Å². The van der Waals surface area contributed by atoms with E-state index < -0.39 is 0 Å². The Labute approximate surface area is 93.1 Å². The van der Waals surface area contributed by atoms with Gasteiger partial charge >= 0.3 is 0 Å². The normalized spacial score (nSPS) is 14.9. The van der Waals surface area contributed by atoms with Gasteiger partial charge in [-0.25, -0.2) is 0 Å². The van der Waals surface area contributed by atoms with Crippen molar-refractivity contribution < 1.29 is 5.11 Å². The van der Waals surface area contributed by atoms with Gasteiger partial charge in [0.15, 0.2) is 0 Å². The summed E-state index contributed by atoms with van der Waals surface area (Å²) in [6.45, 7) is 6.81. The molecule has 0 spiro atoms. The molecule has 1 aromatic rings. The number of hydrogen-bond donors (Lipinski definition) is 1. The highest BCUT2D eigenvalue weighted by atomic mass is 16.3. The van der Waals surface area contributed by atoms with E-state index in [1.54, 1.807) is 0 Å². The van der Waals surface area contributed by atoms with Crippen molar-refractivity contribution in [2.24, 2.45) is 5.92 Å². The molecule has 15 heavy (non-hydrogen) atoms. The molecule has 1 nitrogen and oxygen atoms in total. The van der Waals surface area contributed by atoms with Gasteiger partial charge in [-0.05, 0) is 24.0 Å². The van der Waals surface area contributed by atoms with E-state index in [1.165, 1.54) is 24.0 Å². The second-order valence-corrected chi connectivity index (χ2v) is 4.41. The second-order valence-electron chi connectivity index (χ2n) is 4.41. The molecule has 1 rings (SSSR count). The van der Waals surface area contributed by atoms with Crippen LogP contribution in [0.15, 0.2) is 24.3 Å². The molecule has 0 saturated carbocycles. The molecule has 1 heteroatoms. The third-order valence-electron chi connectivity index (χ3n) is 3.22. The van der Waals surface area contributed by atoms with Crippen molar-refractivity contribution in [2.75, 3.05) is 6.61 Å². The summed E-state index contributed by atoms with van der Waals surface area (Å²) in [5, 5.41) is 9.50. The lowest BCUT2D eigenvalue weighted by Gasteiger charge is -2.23. The molecule has 1 N–H and O–H groups in total. The molecule has 0 fully saturated rings. The Balaban J connectivity index is 2.87. The minimum absolute atomic E-state index is 0.256. The maximum absolute atomic E-state index is 9.50. The van der Waals surface area contributed by atoms with Crippen LogP contribution in [0.5, 0.6) is 0 Å². The van der Waals surface area contributed by atoms with Gasteiger partial charge in [-0.3, -0.25) is 0 Å². The van der Waals surface area contributed by atoms with Crippen LogP contribution in [0.1, 0.15) is 43.7 Å². The van der Waals surface area contributed by atoms with Crippen molar-refractivity contribution in [1.82, 2.24) is 0 Å². The highest BCUT2D eigenvalue weighted by molar-refractivity contribution is 5.29. The summed E-state index contributed by atoms with van der Waals surface area (Å²) in [5.41, 5.74) is 2.60. The molecule has 2 unspecified atom stereocenters. The molecule has 0 bridgehead atoms. The zero-order valence-electron chi connectivity index (χ0n) is 10.0. The number of aryl methyl sites for hydroxylation is 1. The fourth-order valence-electron chi connectivity index (χ4n) is 2.24. The van der Waals surface area contributed by atoms with Crippen LogP contribution in [0, 0.1) is 12.8 Å². The average Bonchev–Trinajstić information content (AvgIpc) is 2.22. The third kappa shape index (κ3) is 3.07. The van der Waals surface area contributed by atoms with Gasteiger partial charge in [-0.15, -0.1) is 0 Å². The van der Waals surface area contributed by atoms with Gasteiger partial charge in [0.1, 0.15) is 0 Å². The second kappa shape index (κ2) is 5.92. The van der Waals surface area contributed by atoms with E-state index in [-0.39, 0.29) is 6.61 Å². The third-order valence-corrected chi connectivity index (χ3v) is 3.22. The van der Waals surface area contributed by atoms with E-state index in [1.807, 2.05) is 0 Å².